The first-order valence-electron chi connectivity index (χ1n) is 5.98. The highest BCUT2D eigenvalue weighted by Crippen LogP contribution is 2.13. The monoisotopic (exact) mass is 273 g/mol. The van der Waals surface area contributed by atoms with Crippen LogP contribution in [0.2, 0.25) is 0 Å². The maximum Gasteiger partial charge on any atom is 0.148 e. The van der Waals surface area contributed by atoms with Crippen LogP contribution in [-0.2, 0) is 16.3 Å². The minimum atomic E-state index is -3.02. The number of benzene rings is 1. The zero-order valence-corrected chi connectivity index (χ0v) is 11.8. The number of aryl methyl sites for hydroxylation is 1. The second-order valence-corrected chi connectivity index (χ2v) is 6.81. The molecule has 0 saturated heterocycles. The SMILES string of the molecule is CCNC(Cc1ccc(F)cc1C)CS(C)(=O)=O. The van der Waals surface area contributed by atoms with Gasteiger partial charge in [0, 0.05) is 12.3 Å². The quantitative estimate of drug-likeness (QED) is 0.858. The summed E-state index contributed by atoms with van der Waals surface area (Å²) >= 11 is 0. The predicted molar refractivity (Wildman–Crippen MR) is 72.0 cm³/mol. The molecule has 0 aliphatic carbocycles. The maximum atomic E-state index is 13.0. The molecular formula is C13H20FNO2S. The van der Waals surface area contributed by atoms with Crippen molar-refractivity contribution in [2.45, 2.75) is 26.3 Å². The molecule has 0 radical (unpaired) electrons. The summed E-state index contributed by atoms with van der Waals surface area (Å²) in [5.41, 5.74) is 1.83. The van der Waals surface area contributed by atoms with Crippen LogP contribution >= 0.6 is 0 Å². The zero-order valence-electron chi connectivity index (χ0n) is 11.0. The number of hydrogen-bond acceptors (Lipinski definition) is 3. The normalized spacial score (nSPS) is 13.6. The number of rotatable bonds is 6. The Kier molecular flexibility index (Phi) is 5.28. The summed E-state index contributed by atoms with van der Waals surface area (Å²) in [4.78, 5) is 0. The third-order valence-electron chi connectivity index (χ3n) is 2.77. The molecule has 1 rings (SSSR count). The van der Waals surface area contributed by atoms with E-state index in [1.54, 1.807) is 6.07 Å². The molecule has 3 nitrogen and oxygen atoms in total. The van der Waals surface area contributed by atoms with Crippen molar-refractivity contribution in [2.24, 2.45) is 0 Å². The van der Waals surface area contributed by atoms with Gasteiger partial charge >= 0.3 is 0 Å². The fraction of sp³-hybridized carbons (Fsp3) is 0.538. The molecule has 1 unspecified atom stereocenters. The third kappa shape index (κ3) is 5.14. The van der Waals surface area contributed by atoms with E-state index in [1.165, 1.54) is 18.4 Å². The number of sulfone groups is 1. The Bertz CT molecular complexity index is 500. The molecule has 18 heavy (non-hydrogen) atoms. The van der Waals surface area contributed by atoms with E-state index in [4.69, 9.17) is 0 Å². The Morgan fingerprint density at radius 1 is 1.39 bits per heavy atom. The molecule has 0 aliphatic heterocycles. The Labute approximate surface area is 108 Å². The molecule has 0 amide bonds. The Hall–Kier alpha value is -0.940. The van der Waals surface area contributed by atoms with Crippen molar-refractivity contribution in [2.75, 3.05) is 18.6 Å². The summed E-state index contributed by atoms with van der Waals surface area (Å²) in [7, 11) is -3.02. The average molecular weight is 273 g/mol. The van der Waals surface area contributed by atoms with Crippen molar-refractivity contribution < 1.29 is 12.8 Å². The first-order chi connectivity index (χ1) is 8.31. The molecule has 1 N–H and O–H groups in total. The summed E-state index contributed by atoms with van der Waals surface area (Å²) in [5, 5.41) is 3.16. The van der Waals surface area contributed by atoms with E-state index in [9.17, 15) is 12.8 Å². The largest absolute Gasteiger partial charge is 0.313 e. The van der Waals surface area contributed by atoms with Gasteiger partial charge < -0.3 is 5.32 Å². The van der Waals surface area contributed by atoms with Crippen LogP contribution < -0.4 is 5.32 Å². The molecule has 5 heteroatoms. The van der Waals surface area contributed by atoms with E-state index >= 15 is 0 Å². The van der Waals surface area contributed by atoms with Gasteiger partial charge in [0.25, 0.3) is 0 Å². The first kappa shape index (κ1) is 15.1. The van der Waals surface area contributed by atoms with E-state index in [1.807, 2.05) is 13.8 Å². The lowest BCUT2D eigenvalue weighted by atomic mass is 10.0. The third-order valence-corrected chi connectivity index (χ3v) is 3.78. The zero-order chi connectivity index (χ0) is 13.8. The van der Waals surface area contributed by atoms with Crippen LogP contribution in [0.15, 0.2) is 18.2 Å². The van der Waals surface area contributed by atoms with Crippen LogP contribution in [0.4, 0.5) is 4.39 Å². The fourth-order valence-electron chi connectivity index (χ4n) is 2.00. The van der Waals surface area contributed by atoms with E-state index in [0.717, 1.165) is 11.1 Å². The Morgan fingerprint density at radius 3 is 2.56 bits per heavy atom. The Balaban J connectivity index is 2.82. The second-order valence-electron chi connectivity index (χ2n) is 4.62. The topological polar surface area (TPSA) is 46.2 Å². The lowest BCUT2D eigenvalue weighted by Crippen LogP contribution is -2.37. The van der Waals surface area contributed by atoms with Crippen LogP contribution in [-0.4, -0.2) is 33.0 Å². The summed E-state index contributed by atoms with van der Waals surface area (Å²) in [5.74, 6) is -0.170. The number of nitrogens with one attached hydrogen (secondary N) is 1. The molecule has 0 spiro atoms. The summed E-state index contributed by atoms with van der Waals surface area (Å²) in [6.45, 7) is 4.48. The Morgan fingerprint density at radius 2 is 2.06 bits per heavy atom. The number of likely N-dealkylation sites (N-methyl/N-ethyl adjacent to an activating group) is 1. The summed E-state index contributed by atoms with van der Waals surface area (Å²) in [6, 6.07) is 4.47. The summed E-state index contributed by atoms with van der Waals surface area (Å²) < 4.78 is 35.7. The van der Waals surface area contributed by atoms with Gasteiger partial charge in [0.05, 0.1) is 5.75 Å². The highest BCUT2D eigenvalue weighted by atomic mass is 32.2. The average Bonchev–Trinajstić information content (AvgIpc) is 2.20. The molecular weight excluding hydrogens is 253 g/mol. The van der Waals surface area contributed by atoms with Gasteiger partial charge in [-0.05, 0) is 43.1 Å². The molecule has 0 bridgehead atoms. The van der Waals surface area contributed by atoms with Crippen molar-refractivity contribution in [3.05, 3.63) is 35.1 Å². The van der Waals surface area contributed by atoms with Crippen molar-refractivity contribution in [3.8, 4) is 0 Å². The molecule has 1 atom stereocenters. The van der Waals surface area contributed by atoms with Gasteiger partial charge in [-0.15, -0.1) is 0 Å². The lowest BCUT2D eigenvalue weighted by molar-refractivity contribution is 0.543. The molecule has 0 saturated carbocycles. The highest BCUT2D eigenvalue weighted by Gasteiger charge is 2.16. The standard InChI is InChI=1S/C13H20FNO2S/c1-4-15-13(9-18(3,16)17)8-11-5-6-12(14)7-10(11)2/h5-7,13,15H,4,8-9H2,1-3H3. The second kappa shape index (κ2) is 6.29. The van der Waals surface area contributed by atoms with Crippen LogP contribution in [0.1, 0.15) is 18.1 Å². The van der Waals surface area contributed by atoms with Gasteiger partial charge in [0.2, 0.25) is 0 Å². The summed E-state index contributed by atoms with van der Waals surface area (Å²) in [6.07, 6.45) is 1.82. The van der Waals surface area contributed by atoms with Crippen molar-refractivity contribution in [3.63, 3.8) is 0 Å². The minimum absolute atomic E-state index is 0.0949. The highest BCUT2D eigenvalue weighted by molar-refractivity contribution is 7.90. The van der Waals surface area contributed by atoms with E-state index in [2.05, 4.69) is 5.32 Å². The molecule has 1 aromatic rings. The van der Waals surface area contributed by atoms with E-state index in [-0.39, 0.29) is 17.6 Å². The smallest absolute Gasteiger partial charge is 0.148 e. The van der Waals surface area contributed by atoms with Gasteiger partial charge in [-0.25, -0.2) is 12.8 Å². The van der Waals surface area contributed by atoms with Crippen LogP contribution in [0.5, 0.6) is 0 Å². The van der Waals surface area contributed by atoms with Crippen LogP contribution in [0.25, 0.3) is 0 Å². The van der Waals surface area contributed by atoms with E-state index < -0.39 is 9.84 Å². The predicted octanol–water partition coefficient (Wildman–Crippen LogP) is 1.70. The molecule has 0 aromatic heterocycles. The molecule has 102 valence electrons. The fourth-order valence-corrected chi connectivity index (χ4v) is 2.96. The van der Waals surface area contributed by atoms with Gasteiger partial charge in [0.1, 0.15) is 15.7 Å². The van der Waals surface area contributed by atoms with Gasteiger partial charge in [-0.1, -0.05) is 13.0 Å². The van der Waals surface area contributed by atoms with Crippen molar-refractivity contribution in [1.29, 1.82) is 0 Å². The van der Waals surface area contributed by atoms with Crippen LogP contribution in [0.3, 0.4) is 0 Å². The molecule has 0 aliphatic rings. The molecule has 1 aromatic carbocycles. The van der Waals surface area contributed by atoms with Crippen molar-refractivity contribution in [1.82, 2.24) is 5.32 Å². The van der Waals surface area contributed by atoms with Crippen LogP contribution in [0, 0.1) is 12.7 Å². The van der Waals surface area contributed by atoms with Gasteiger partial charge in [0.15, 0.2) is 0 Å². The van der Waals surface area contributed by atoms with E-state index in [0.29, 0.717) is 13.0 Å². The first-order valence-corrected chi connectivity index (χ1v) is 8.04. The minimum Gasteiger partial charge on any atom is -0.313 e. The van der Waals surface area contributed by atoms with Gasteiger partial charge in [-0.3, -0.25) is 0 Å². The number of halogens is 1. The molecule has 0 heterocycles. The van der Waals surface area contributed by atoms with Gasteiger partial charge in [-0.2, -0.15) is 0 Å². The maximum absolute atomic E-state index is 13.0. The molecule has 0 fully saturated rings. The van der Waals surface area contributed by atoms with Crippen molar-refractivity contribution >= 4 is 9.84 Å². The number of hydrogen-bond donors (Lipinski definition) is 1. The lowest BCUT2D eigenvalue weighted by Gasteiger charge is -2.18.